The maximum Gasteiger partial charge on any atom is 0.289 e. The summed E-state index contributed by atoms with van der Waals surface area (Å²) < 4.78 is 7.31. The molecule has 4 rings (SSSR count). The average Bonchev–Trinajstić information content (AvgIpc) is 3.44. The van der Waals surface area contributed by atoms with Crippen LogP contribution in [0, 0.1) is 5.92 Å². The minimum Gasteiger partial charge on any atom is -0.451 e. The van der Waals surface area contributed by atoms with E-state index in [0.717, 1.165) is 42.3 Å². The van der Waals surface area contributed by atoms with Crippen LogP contribution in [0.2, 0.25) is 0 Å². The fourth-order valence-electron chi connectivity index (χ4n) is 4.04. The van der Waals surface area contributed by atoms with Crippen LogP contribution in [0.4, 0.5) is 0 Å². The number of furan rings is 1. The Bertz CT molecular complexity index is 1030. The first-order chi connectivity index (χ1) is 15.2. The van der Waals surface area contributed by atoms with Gasteiger partial charge in [0.15, 0.2) is 5.76 Å². The molecule has 3 aromatic rings. The molecule has 2 aromatic heterocycles. The molecule has 0 bridgehead atoms. The molecule has 164 valence electrons. The van der Waals surface area contributed by atoms with Gasteiger partial charge in [0.05, 0.1) is 4.21 Å². The zero-order valence-electron chi connectivity index (χ0n) is 17.8. The van der Waals surface area contributed by atoms with Crippen molar-refractivity contribution < 1.29 is 14.0 Å². The number of carbonyl (C=O) groups is 2. The highest BCUT2D eigenvalue weighted by molar-refractivity contribution is 8.00. The third-order valence-corrected chi connectivity index (χ3v) is 7.77. The van der Waals surface area contributed by atoms with Crippen LogP contribution < -0.4 is 5.32 Å². The van der Waals surface area contributed by atoms with Crippen molar-refractivity contribution in [1.82, 2.24) is 10.2 Å². The van der Waals surface area contributed by atoms with Crippen LogP contribution in [-0.2, 0) is 10.5 Å². The minimum absolute atomic E-state index is 0.0393. The van der Waals surface area contributed by atoms with Gasteiger partial charge in [-0.25, -0.2) is 0 Å². The highest BCUT2D eigenvalue weighted by Gasteiger charge is 2.29. The Labute approximate surface area is 191 Å². The number of likely N-dealkylation sites (tertiary alicyclic amines) is 1. The lowest BCUT2D eigenvalue weighted by Gasteiger charge is -2.32. The number of amides is 2. The fourth-order valence-corrected chi connectivity index (χ4v) is 5.85. The number of nitrogens with one attached hydrogen (secondary N) is 1. The van der Waals surface area contributed by atoms with Gasteiger partial charge in [0.1, 0.15) is 5.58 Å². The minimum atomic E-state index is -0.0393. The van der Waals surface area contributed by atoms with E-state index in [1.54, 1.807) is 23.1 Å². The van der Waals surface area contributed by atoms with Crippen molar-refractivity contribution in [2.45, 2.75) is 42.6 Å². The summed E-state index contributed by atoms with van der Waals surface area (Å²) in [5.74, 6) is 1.49. The van der Waals surface area contributed by atoms with Crippen molar-refractivity contribution in [1.29, 1.82) is 0 Å². The Morgan fingerprint density at radius 3 is 2.94 bits per heavy atom. The van der Waals surface area contributed by atoms with Gasteiger partial charge in [-0.1, -0.05) is 31.2 Å². The summed E-state index contributed by atoms with van der Waals surface area (Å²) in [6, 6.07) is 12.0. The summed E-state index contributed by atoms with van der Waals surface area (Å²) in [7, 11) is 0. The first-order valence-corrected chi connectivity index (χ1v) is 12.7. The van der Waals surface area contributed by atoms with Crippen molar-refractivity contribution in [2.75, 3.05) is 19.6 Å². The van der Waals surface area contributed by atoms with Gasteiger partial charge in [-0.15, -0.1) is 23.1 Å². The van der Waals surface area contributed by atoms with E-state index in [9.17, 15) is 9.59 Å². The zero-order valence-corrected chi connectivity index (χ0v) is 19.4. The highest BCUT2D eigenvalue weighted by Crippen LogP contribution is 2.34. The third-order valence-electron chi connectivity index (χ3n) is 5.62. The van der Waals surface area contributed by atoms with Crippen molar-refractivity contribution in [3.05, 3.63) is 53.1 Å². The van der Waals surface area contributed by atoms with E-state index in [-0.39, 0.29) is 17.7 Å². The number of hydrogen-bond acceptors (Lipinski definition) is 5. The highest BCUT2D eigenvalue weighted by atomic mass is 32.2. The van der Waals surface area contributed by atoms with Crippen LogP contribution in [0.15, 0.2) is 50.4 Å². The van der Waals surface area contributed by atoms with E-state index in [0.29, 0.717) is 31.0 Å². The number of rotatable bonds is 8. The van der Waals surface area contributed by atoms with E-state index >= 15 is 0 Å². The van der Waals surface area contributed by atoms with Crippen LogP contribution in [0.3, 0.4) is 0 Å². The average molecular weight is 457 g/mol. The molecule has 1 fully saturated rings. The summed E-state index contributed by atoms with van der Waals surface area (Å²) in [4.78, 5) is 27.2. The number of hydrogen-bond donors (Lipinski definition) is 1. The van der Waals surface area contributed by atoms with Gasteiger partial charge in [-0.2, -0.15) is 0 Å². The molecule has 0 aliphatic carbocycles. The second kappa shape index (κ2) is 10.4. The maximum atomic E-state index is 13.5. The first kappa shape index (κ1) is 22.0. The van der Waals surface area contributed by atoms with Crippen molar-refractivity contribution in [3.63, 3.8) is 0 Å². The number of para-hydroxylation sites is 1. The second-order valence-corrected chi connectivity index (χ2v) is 10.2. The first-order valence-electron chi connectivity index (χ1n) is 10.9. The number of thiophene rings is 1. The van der Waals surface area contributed by atoms with Crippen molar-refractivity contribution >= 4 is 45.9 Å². The molecule has 31 heavy (non-hydrogen) atoms. The van der Waals surface area contributed by atoms with Gasteiger partial charge in [0.25, 0.3) is 5.91 Å². The van der Waals surface area contributed by atoms with Crippen LogP contribution in [0.25, 0.3) is 11.0 Å². The lowest BCUT2D eigenvalue weighted by atomic mass is 9.97. The SMILES string of the molecule is CCCC(=O)NCC1CCCN(C(=O)c2oc3ccccc3c2CSc2cccs2)C1. The summed E-state index contributed by atoms with van der Waals surface area (Å²) in [5.41, 5.74) is 1.73. The van der Waals surface area contributed by atoms with E-state index in [4.69, 9.17) is 4.42 Å². The predicted molar refractivity (Wildman–Crippen MR) is 127 cm³/mol. The Hall–Kier alpha value is -2.25. The summed E-state index contributed by atoms with van der Waals surface area (Å²) in [6.45, 7) is 4.01. The Morgan fingerprint density at radius 1 is 1.26 bits per heavy atom. The van der Waals surface area contributed by atoms with Gasteiger partial charge in [-0.3, -0.25) is 9.59 Å². The lowest BCUT2D eigenvalue weighted by Crippen LogP contribution is -2.43. The summed E-state index contributed by atoms with van der Waals surface area (Å²) in [6.07, 6.45) is 3.37. The normalized spacial score (nSPS) is 16.5. The number of benzene rings is 1. The number of thioether (sulfide) groups is 1. The Kier molecular flexibility index (Phi) is 7.35. The summed E-state index contributed by atoms with van der Waals surface area (Å²) >= 11 is 3.44. The topological polar surface area (TPSA) is 62.6 Å². The molecule has 5 nitrogen and oxygen atoms in total. The monoisotopic (exact) mass is 456 g/mol. The van der Waals surface area contributed by atoms with Crippen LogP contribution in [-0.4, -0.2) is 36.3 Å². The zero-order chi connectivity index (χ0) is 21.6. The predicted octanol–water partition coefficient (Wildman–Crippen LogP) is 5.56. The molecule has 7 heteroatoms. The lowest BCUT2D eigenvalue weighted by molar-refractivity contribution is -0.121. The standard InChI is InChI=1S/C24H28N2O3S2/c1-2-7-21(27)25-14-17-8-5-12-26(15-17)24(28)23-19(16-31-22-11-6-13-30-22)18-9-3-4-10-20(18)29-23/h3-4,6,9-11,13,17H,2,5,7-8,12,14-16H2,1H3,(H,25,27). The molecule has 1 unspecified atom stereocenters. The van der Waals surface area contributed by atoms with Gasteiger partial charge in [0, 0.05) is 42.8 Å². The van der Waals surface area contributed by atoms with Crippen LogP contribution in [0.5, 0.6) is 0 Å². The Morgan fingerprint density at radius 2 is 2.13 bits per heavy atom. The van der Waals surface area contributed by atoms with Crippen LogP contribution >= 0.6 is 23.1 Å². The molecule has 1 aliphatic heterocycles. The smallest absolute Gasteiger partial charge is 0.289 e. The quantitative estimate of drug-likeness (QED) is 0.451. The number of piperidine rings is 1. The molecule has 1 aliphatic rings. The van der Waals surface area contributed by atoms with Gasteiger partial charge >= 0.3 is 0 Å². The van der Waals surface area contributed by atoms with E-state index in [2.05, 4.69) is 16.8 Å². The molecule has 1 N–H and O–H groups in total. The second-order valence-electron chi connectivity index (χ2n) is 7.94. The Balaban J connectivity index is 1.50. The number of carbonyl (C=O) groups excluding carboxylic acids is 2. The molecule has 3 heterocycles. The molecule has 1 aromatic carbocycles. The largest absolute Gasteiger partial charge is 0.451 e. The molecular formula is C24H28N2O3S2. The van der Waals surface area contributed by atoms with Crippen molar-refractivity contribution in [3.8, 4) is 0 Å². The van der Waals surface area contributed by atoms with E-state index in [1.807, 2.05) is 42.2 Å². The molecule has 1 saturated heterocycles. The number of fused-ring (bicyclic) bond motifs is 1. The van der Waals surface area contributed by atoms with Gasteiger partial charge < -0.3 is 14.6 Å². The van der Waals surface area contributed by atoms with Crippen molar-refractivity contribution in [2.24, 2.45) is 5.92 Å². The third kappa shape index (κ3) is 5.33. The van der Waals surface area contributed by atoms with Crippen LogP contribution in [0.1, 0.15) is 48.7 Å². The fraction of sp³-hybridized carbons (Fsp3) is 0.417. The van der Waals surface area contributed by atoms with E-state index in [1.165, 1.54) is 4.21 Å². The van der Waals surface area contributed by atoms with E-state index < -0.39 is 0 Å². The maximum absolute atomic E-state index is 13.5. The molecular weight excluding hydrogens is 428 g/mol. The summed E-state index contributed by atoms with van der Waals surface area (Å²) in [5, 5.41) is 6.09. The molecule has 0 radical (unpaired) electrons. The number of nitrogens with zero attached hydrogens (tertiary/aromatic N) is 1. The van der Waals surface area contributed by atoms with Gasteiger partial charge in [-0.05, 0) is 42.7 Å². The molecule has 0 spiro atoms. The molecule has 2 amide bonds. The molecule has 1 atom stereocenters. The van der Waals surface area contributed by atoms with Gasteiger partial charge in [0.2, 0.25) is 5.91 Å². The molecule has 0 saturated carbocycles.